The minimum absolute atomic E-state index is 0.0448. The van der Waals surface area contributed by atoms with Gasteiger partial charge < -0.3 is 20.1 Å². The summed E-state index contributed by atoms with van der Waals surface area (Å²) < 4.78 is 6.36. The molecule has 1 amide bonds. The number of ether oxygens (including phenoxy) is 1. The Balaban J connectivity index is 2.35. The molecule has 116 valence electrons. The quantitative estimate of drug-likeness (QED) is 0.863. The molecule has 0 saturated carbocycles. The summed E-state index contributed by atoms with van der Waals surface area (Å²) >= 11 is 3.42. The minimum atomic E-state index is -0.602. The highest BCUT2D eigenvalue weighted by Crippen LogP contribution is 2.31. The maximum atomic E-state index is 12.2. The van der Waals surface area contributed by atoms with Gasteiger partial charge in [0.05, 0.1) is 19.3 Å². The van der Waals surface area contributed by atoms with E-state index >= 15 is 0 Å². The normalized spacial score (nSPS) is 20.2. The maximum Gasteiger partial charge on any atom is 0.245 e. The van der Waals surface area contributed by atoms with Crippen LogP contribution in [0.3, 0.4) is 0 Å². The van der Waals surface area contributed by atoms with Crippen molar-refractivity contribution in [3.8, 4) is 0 Å². The Morgan fingerprint density at radius 2 is 2.38 bits per heavy atom. The fourth-order valence-electron chi connectivity index (χ4n) is 2.52. The third-order valence-corrected chi connectivity index (χ3v) is 4.02. The Hall–Kier alpha value is -1.11. The van der Waals surface area contributed by atoms with Crippen molar-refractivity contribution >= 4 is 27.5 Å². The van der Waals surface area contributed by atoms with E-state index in [4.69, 9.17) is 4.74 Å². The molecular weight excluding hydrogens is 336 g/mol. The van der Waals surface area contributed by atoms with Gasteiger partial charge in [-0.3, -0.25) is 4.79 Å². The molecule has 0 aliphatic carbocycles. The number of anilines is 1. The smallest absolute Gasteiger partial charge is 0.245 e. The molecule has 2 N–H and O–H groups in total. The largest absolute Gasteiger partial charge is 0.389 e. The van der Waals surface area contributed by atoms with Crippen LogP contribution in [-0.4, -0.2) is 43.4 Å². The first-order valence-corrected chi connectivity index (χ1v) is 7.93. The van der Waals surface area contributed by atoms with E-state index < -0.39 is 6.10 Å². The summed E-state index contributed by atoms with van der Waals surface area (Å²) in [5.41, 5.74) is 1.69. The topological polar surface area (TPSA) is 61.8 Å². The van der Waals surface area contributed by atoms with Crippen LogP contribution in [0.4, 0.5) is 5.69 Å². The second-order valence-electron chi connectivity index (χ2n) is 5.06. The molecule has 21 heavy (non-hydrogen) atoms. The molecule has 2 atom stereocenters. The van der Waals surface area contributed by atoms with Crippen molar-refractivity contribution in [2.24, 2.45) is 0 Å². The van der Waals surface area contributed by atoms with Crippen molar-refractivity contribution in [3.63, 3.8) is 0 Å². The molecule has 1 aromatic rings. The van der Waals surface area contributed by atoms with Crippen LogP contribution in [0.15, 0.2) is 22.7 Å². The summed E-state index contributed by atoms with van der Waals surface area (Å²) in [6.07, 6.45) is -0.602. The number of morpholine rings is 1. The Labute approximate surface area is 133 Å². The number of hydrogen-bond donors (Lipinski definition) is 2. The van der Waals surface area contributed by atoms with E-state index in [0.717, 1.165) is 15.7 Å². The number of likely N-dealkylation sites (N-methyl/N-ethyl adjacent to an activating group) is 1. The maximum absolute atomic E-state index is 12.2. The molecule has 6 heteroatoms. The summed E-state index contributed by atoms with van der Waals surface area (Å²) in [5, 5.41) is 12.9. The highest BCUT2D eigenvalue weighted by atomic mass is 79.9. The third-order valence-electron chi connectivity index (χ3n) is 3.53. The zero-order chi connectivity index (χ0) is 15.4. The molecule has 2 unspecified atom stereocenters. The molecule has 1 aliphatic heterocycles. The van der Waals surface area contributed by atoms with Crippen molar-refractivity contribution in [1.29, 1.82) is 0 Å². The van der Waals surface area contributed by atoms with E-state index in [0.29, 0.717) is 26.3 Å². The lowest BCUT2D eigenvalue weighted by Gasteiger charge is -2.37. The summed E-state index contributed by atoms with van der Waals surface area (Å²) in [6, 6.07) is 5.39. The van der Waals surface area contributed by atoms with Gasteiger partial charge in [0.25, 0.3) is 0 Å². The number of amides is 1. The monoisotopic (exact) mass is 356 g/mol. The van der Waals surface area contributed by atoms with Crippen molar-refractivity contribution in [1.82, 2.24) is 5.32 Å². The number of halogens is 1. The lowest BCUT2D eigenvalue weighted by molar-refractivity contribution is -0.124. The standard InChI is InChI=1S/C15H21BrN2O3/c1-3-17-15(20)14-9-21-7-6-18(14)13-5-4-11(16)8-12(13)10(2)19/h4-5,8,10,14,19H,3,6-7,9H2,1-2H3,(H,17,20). The van der Waals surface area contributed by atoms with Crippen molar-refractivity contribution in [2.45, 2.75) is 26.0 Å². The number of aliphatic hydroxyl groups excluding tert-OH is 1. The van der Waals surface area contributed by atoms with Crippen LogP contribution in [0.25, 0.3) is 0 Å². The molecule has 0 spiro atoms. The molecule has 0 radical (unpaired) electrons. The molecular formula is C15H21BrN2O3. The number of rotatable bonds is 4. The fourth-order valence-corrected chi connectivity index (χ4v) is 2.90. The third kappa shape index (κ3) is 3.75. The van der Waals surface area contributed by atoms with Gasteiger partial charge in [0.2, 0.25) is 5.91 Å². The highest BCUT2D eigenvalue weighted by molar-refractivity contribution is 9.10. The van der Waals surface area contributed by atoms with Crippen molar-refractivity contribution in [3.05, 3.63) is 28.2 Å². The first-order valence-electron chi connectivity index (χ1n) is 7.14. The van der Waals surface area contributed by atoms with Gasteiger partial charge in [-0.05, 0) is 32.0 Å². The van der Waals surface area contributed by atoms with Gasteiger partial charge in [-0.15, -0.1) is 0 Å². The summed E-state index contributed by atoms with van der Waals surface area (Å²) in [7, 11) is 0. The van der Waals surface area contributed by atoms with E-state index in [-0.39, 0.29) is 11.9 Å². The zero-order valence-electron chi connectivity index (χ0n) is 12.3. The molecule has 5 nitrogen and oxygen atoms in total. The number of carbonyl (C=O) groups excluding carboxylic acids is 1. The first-order chi connectivity index (χ1) is 10.0. The molecule has 1 aliphatic rings. The number of nitrogens with one attached hydrogen (secondary N) is 1. The van der Waals surface area contributed by atoms with Gasteiger partial charge in [-0.25, -0.2) is 0 Å². The number of nitrogens with zero attached hydrogens (tertiary/aromatic N) is 1. The average Bonchev–Trinajstić information content (AvgIpc) is 2.47. The predicted molar refractivity (Wildman–Crippen MR) is 85.4 cm³/mol. The lowest BCUT2D eigenvalue weighted by Crippen LogP contribution is -2.54. The molecule has 1 aromatic carbocycles. The molecule has 1 saturated heterocycles. The van der Waals surface area contributed by atoms with Gasteiger partial charge in [0.15, 0.2) is 0 Å². The summed E-state index contributed by atoms with van der Waals surface area (Å²) in [4.78, 5) is 14.2. The molecule has 0 aromatic heterocycles. The van der Waals surface area contributed by atoms with E-state index in [1.165, 1.54) is 0 Å². The van der Waals surface area contributed by atoms with Crippen LogP contribution >= 0.6 is 15.9 Å². The molecule has 1 fully saturated rings. The van der Waals surface area contributed by atoms with Gasteiger partial charge in [0.1, 0.15) is 6.04 Å². The Morgan fingerprint density at radius 3 is 3.05 bits per heavy atom. The van der Waals surface area contributed by atoms with Gasteiger partial charge in [-0.2, -0.15) is 0 Å². The van der Waals surface area contributed by atoms with Crippen LogP contribution in [0, 0.1) is 0 Å². The molecule has 1 heterocycles. The predicted octanol–water partition coefficient (Wildman–Crippen LogP) is 1.84. The Bertz CT molecular complexity index is 508. The number of aliphatic hydroxyl groups is 1. The van der Waals surface area contributed by atoms with Gasteiger partial charge >= 0.3 is 0 Å². The zero-order valence-corrected chi connectivity index (χ0v) is 13.9. The number of benzene rings is 1. The summed E-state index contributed by atoms with van der Waals surface area (Å²) in [5.74, 6) is -0.0448. The van der Waals surface area contributed by atoms with Crippen LogP contribution in [0.5, 0.6) is 0 Å². The Kier molecular flexibility index (Phi) is 5.61. The molecule has 2 rings (SSSR count). The van der Waals surface area contributed by atoms with Crippen LogP contribution in [0.1, 0.15) is 25.5 Å². The second kappa shape index (κ2) is 7.24. The minimum Gasteiger partial charge on any atom is -0.389 e. The van der Waals surface area contributed by atoms with Crippen molar-refractivity contribution in [2.75, 3.05) is 31.2 Å². The number of hydrogen-bond acceptors (Lipinski definition) is 4. The van der Waals surface area contributed by atoms with Gasteiger partial charge in [0, 0.05) is 28.8 Å². The average molecular weight is 357 g/mol. The fraction of sp³-hybridized carbons (Fsp3) is 0.533. The van der Waals surface area contributed by atoms with Crippen molar-refractivity contribution < 1.29 is 14.6 Å². The van der Waals surface area contributed by atoms with E-state index in [1.807, 2.05) is 30.0 Å². The van der Waals surface area contributed by atoms with E-state index in [1.54, 1.807) is 6.92 Å². The first kappa shape index (κ1) is 16.3. The van der Waals surface area contributed by atoms with E-state index in [2.05, 4.69) is 21.2 Å². The van der Waals surface area contributed by atoms with E-state index in [9.17, 15) is 9.90 Å². The highest BCUT2D eigenvalue weighted by Gasteiger charge is 2.31. The summed E-state index contributed by atoms with van der Waals surface area (Å²) in [6.45, 7) is 5.78. The Morgan fingerprint density at radius 1 is 1.62 bits per heavy atom. The van der Waals surface area contributed by atoms with Gasteiger partial charge in [-0.1, -0.05) is 15.9 Å². The van der Waals surface area contributed by atoms with Crippen LogP contribution in [-0.2, 0) is 9.53 Å². The SMILES string of the molecule is CCNC(=O)C1COCCN1c1ccc(Br)cc1C(C)O. The molecule has 0 bridgehead atoms. The number of carbonyl (C=O) groups is 1. The second-order valence-corrected chi connectivity index (χ2v) is 5.97. The van der Waals surface area contributed by atoms with Crippen LogP contribution < -0.4 is 10.2 Å². The van der Waals surface area contributed by atoms with Crippen LogP contribution in [0.2, 0.25) is 0 Å². The lowest BCUT2D eigenvalue weighted by atomic mass is 10.0.